The van der Waals surface area contributed by atoms with Gasteiger partial charge in [-0.2, -0.15) is 4.31 Å². The minimum atomic E-state index is -3.39. The first-order chi connectivity index (χ1) is 13.5. The van der Waals surface area contributed by atoms with E-state index in [9.17, 15) is 13.2 Å². The number of fused-ring (bicyclic) bond motifs is 1. The largest absolute Gasteiger partial charge is 0.336 e. The molecule has 0 saturated carbocycles. The molecule has 1 amide bonds. The molecule has 28 heavy (non-hydrogen) atoms. The summed E-state index contributed by atoms with van der Waals surface area (Å²) < 4.78 is 26.9. The Hall–Kier alpha value is -2.70. The van der Waals surface area contributed by atoms with Crippen LogP contribution in [0.25, 0.3) is 10.8 Å². The summed E-state index contributed by atoms with van der Waals surface area (Å²) in [5, 5.41) is 1.95. The maximum atomic E-state index is 13.0. The maximum Gasteiger partial charge on any atom is 0.254 e. The number of hydrogen-bond acceptors (Lipinski definition) is 3. The van der Waals surface area contributed by atoms with Crippen LogP contribution in [-0.4, -0.2) is 49.7 Å². The zero-order valence-corrected chi connectivity index (χ0v) is 16.3. The number of carbonyl (C=O) groups excluding carboxylic acids is 1. The summed E-state index contributed by atoms with van der Waals surface area (Å²) in [4.78, 5) is 14.8. The van der Waals surface area contributed by atoms with E-state index >= 15 is 0 Å². The van der Waals surface area contributed by atoms with Crippen LogP contribution in [0.3, 0.4) is 0 Å². The van der Waals surface area contributed by atoms with E-state index in [0.29, 0.717) is 31.7 Å². The Labute approximate surface area is 165 Å². The third-order valence-corrected chi connectivity index (χ3v) is 6.98. The Kier molecular flexibility index (Phi) is 5.15. The van der Waals surface area contributed by atoms with Crippen LogP contribution < -0.4 is 0 Å². The first-order valence-corrected chi connectivity index (χ1v) is 10.9. The second-order valence-corrected chi connectivity index (χ2v) is 8.93. The molecule has 4 rings (SSSR count). The van der Waals surface area contributed by atoms with E-state index in [-0.39, 0.29) is 11.7 Å². The van der Waals surface area contributed by atoms with Gasteiger partial charge in [-0.25, -0.2) is 8.42 Å². The Morgan fingerprint density at radius 2 is 1.43 bits per heavy atom. The average molecular weight is 394 g/mol. The fourth-order valence-corrected chi connectivity index (χ4v) is 5.14. The molecule has 1 saturated heterocycles. The van der Waals surface area contributed by atoms with Crippen molar-refractivity contribution in [3.05, 3.63) is 83.9 Å². The van der Waals surface area contributed by atoms with Gasteiger partial charge < -0.3 is 4.90 Å². The van der Waals surface area contributed by atoms with Crippen LogP contribution in [0.5, 0.6) is 0 Å². The van der Waals surface area contributed by atoms with Gasteiger partial charge in [-0.1, -0.05) is 66.7 Å². The van der Waals surface area contributed by atoms with E-state index < -0.39 is 10.0 Å². The number of nitrogens with zero attached hydrogens (tertiary/aromatic N) is 2. The van der Waals surface area contributed by atoms with Gasteiger partial charge in [0, 0.05) is 31.7 Å². The molecule has 0 aromatic heterocycles. The molecule has 5 nitrogen and oxygen atoms in total. The second kappa shape index (κ2) is 7.73. The Bertz CT molecular complexity index is 1080. The van der Waals surface area contributed by atoms with Crippen LogP contribution in [0.4, 0.5) is 0 Å². The molecule has 0 spiro atoms. The summed E-state index contributed by atoms with van der Waals surface area (Å²) >= 11 is 0. The lowest BCUT2D eigenvalue weighted by atomic mass is 10.0. The number of carbonyl (C=O) groups is 1. The Balaban J connectivity index is 1.46. The molecule has 1 aliphatic rings. The predicted molar refractivity (Wildman–Crippen MR) is 110 cm³/mol. The molecular weight excluding hydrogens is 372 g/mol. The molecule has 3 aromatic rings. The van der Waals surface area contributed by atoms with E-state index in [2.05, 4.69) is 0 Å². The number of benzene rings is 3. The quantitative estimate of drug-likeness (QED) is 0.683. The van der Waals surface area contributed by atoms with Gasteiger partial charge in [-0.15, -0.1) is 0 Å². The summed E-state index contributed by atoms with van der Waals surface area (Å²) in [6.07, 6.45) is 0. The fourth-order valence-electron chi connectivity index (χ4n) is 3.63. The molecule has 144 valence electrons. The third kappa shape index (κ3) is 3.79. The molecular formula is C22H22N2O3S. The van der Waals surface area contributed by atoms with Crippen LogP contribution in [0.2, 0.25) is 0 Å². The van der Waals surface area contributed by atoms with Gasteiger partial charge in [0.15, 0.2) is 0 Å². The molecule has 0 radical (unpaired) electrons. The van der Waals surface area contributed by atoms with Crippen molar-refractivity contribution in [2.24, 2.45) is 0 Å². The van der Waals surface area contributed by atoms with Crippen LogP contribution in [0.15, 0.2) is 72.8 Å². The van der Waals surface area contributed by atoms with Crippen molar-refractivity contribution in [3.8, 4) is 0 Å². The van der Waals surface area contributed by atoms with E-state index in [4.69, 9.17) is 0 Å². The number of rotatable bonds is 4. The smallest absolute Gasteiger partial charge is 0.254 e. The highest BCUT2D eigenvalue weighted by Gasteiger charge is 2.29. The molecule has 0 bridgehead atoms. The minimum Gasteiger partial charge on any atom is -0.336 e. The average Bonchev–Trinajstić information content (AvgIpc) is 2.73. The highest BCUT2D eigenvalue weighted by molar-refractivity contribution is 7.88. The minimum absolute atomic E-state index is 0.00882. The summed E-state index contributed by atoms with van der Waals surface area (Å²) in [5.41, 5.74) is 1.44. The van der Waals surface area contributed by atoms with Crippen molar-refractivity contribution in [2.75, 3.05) is 26.2 Å². The molecule has 1 heterocycles. The monoisotopic (exact) mass is 394 g/mol. The summed E-state index contributed by atoms with van der Waals surface area (Å²) in [6.45, 7) is 1.45. The lowest BCUT2D eigenvalue weighted by molar-refractivity contribution is 0.0700. The number of piperazine rings is 1. The van der Waals surface area contributed by atoms with Crippen LogP contribution in [-0.2, 0) is 15.8 Å². The molecule has 1 aliphatic heterocycles. The van der Waals surface area contributed by atoms with E-state index in [0.717, 1.165) is 16.3 Å². The second-order valence-electron chi connectivity index (χ2n) is 6.96. The van der Waals surface area contributed by atoms with E-state index in [1.165, 1.54) is 4.31 Å². The normalized spacial score (nSPS) is 15.6. The molecule has 3 aromatic carbocycles. The highest BCUT2D eigenvalue weighted by atomic mass is 32.2. The fraction of sp³-hybridized carbons (Fsp3) is 0.227. The SMILES string of the molecule is O=C(c1cccc2ccccc12)N1CCN(S(=O)(=O)Cc2ccccc2)CC1. The zero-order chi connectivity index (χ0) is 19.6. The molecule has 0 N–H and O–H groups in total. The molecule has 6 heteroatoms. The lowest BCUT2D eigenvalue weighted by Gasteiger charge is -2.34. The maximum absolute atomic E-state index is 13.0. The number of amides is 1. The first kappa shape index (κ1) is 18.7. The standard InChI is InChI=1S/C22H22N2O3S/c25-22(21-12-6-10-19-9-4-5-11-20(19)21)23-13-15-24(16-14-23)28(26,27)17-18-7-2-1-3-8-18/h1-12H,13-17H2. The van der Waals surface area contributed by atoms with Crippen molar-refractivity contribution in [2.45, 2.75) is 5.75 Å². The van der Waals surface area contributed by atoms with Gasteiger partial charge in [0.2, 0.25) is 10.0 Å². The van der Waals surface area contributed by atoms with Crippen molar-refractivity contribution in [3.63, 3.8) is 0 Å². The topological polar surface area (TPSA) is 57.7 Å². The van der Waals surface area contributed by atoms with Crippen molar-refractivity contribution < 1.29 is 13.2 Å². The summed E-state index contributed by atoms with van der Waals surface area (Å²) in [6, 6.07) is 22.7. The molecule has 1 fully saturated rings. The Morgan fingerprint density at radius 1 is 0.786 bits per heavy atom. The summed E-state index contributed by atoms with van der Waals surface area (Å²) in [5.74, 6) is -0.0534. The number of hydrogen-bond donors (Lipinski definition) is 0. The van der Waals surface area contributed by atoms with Gasteiger partial charge in [0.05, 0.1) is 5.75 Å². The highest BCUT2D eigenvalue weighted by Crippen LogP contribution is 2.21. The summed E-state index contributed by atoms with van der Waals surface area (Å²) in [7, 11) is -3.39. The van der Waals surface area contributed by atoms with Crippen LogP contribution >= 0.6 is 0 Å². The Morgan fingerprint density at radius 3 is 2.18 bits per heavy atom. The first-order valence-electron chi connectivity index (χ1n) is 9.33. The van der Waals surface area contributed by atoms with Gasteiger partial charge in [0.25, 0.3) is 5.91 Å². The molecule has 0 aliphatic carbocycles. The van der Waals surface area contributed by atoms with E-state index in [1.54, 1.807) is 4.90 Å². The third-order valence-electron chi connectivity index (χ3n) is 5.13. The van der Waals surface area contributed by atoms with Gasteiger partial charge in [0.1, 0.15) is 0 Å². The van der Waals surface area contributed by atoms with Crippen LogP contribution in [0, 0.1) is 0 Å². The van der Waals surface area contributed by atoms with Gasteiger partial charge in [-0.05, 0) is 22.4 Å². The van der Waals surface area contributed by atoms with Gasteiger partial charge in [-0.3, -0.25) is 4.79 Å². The van der Waals surface area contributed by atoms with Crippen molar-refractivity contribution in [1.82, 2.24) is 9.21 Å². The zero-order valence-electron chi connectivity index (χ0n) is 15.5. The molecule has 0 unspecified atom stereocenters. The predicted octanol–water partition coefficient (Wildman–Crippen LogP) is 3.13. The van der Waals surface area contributed by atoms with E-state index in [1.807, 2.05) is 72.8 Å². The number of sulfonamides is 1. The van der Waals surface area contributed by atoms with Crippen molar-refractivity contribution in [1.29, 1.82) is 0 Å². The molecule has 0 atom stereocenters. The lowest BCUT2D eigenvalue weighted by Crippen LogP contribution is -2.50. The van der Waals surface area contributed by atoms with Crippen LogP contribution in [0.1, 0.15) is 15.9 Å². The van der Waals surface area contributed by atoms with Crippen molar-refractivity contribution >= 4 is 26.7 Å². The van der Waals surface area contributed by atoms with Gasteiger partial charge >= 0.3 is 0 Å².